The zero-order valence-electron chi connectivity index (χ0n) is 13.7. The first-order valence-electron chi connectivity index (χ1n) is 7.96. The molecule has 124 valence electrons. The van der Waals surface area contributed by atoms with Crippen molar-refractivity contribution in [2.45, 2.75) is 6.61 Å². The van der Waals surface area contributed by atoms with Crippen molar-refractivity contribution < 1.29 is 19.2 Å². The lowest BCUT2D eigenvalue weighted by atomic mass is 9.79. The lowest BCUT2D eigenvalue weighted by molar-refractivity contribution is 0.103. The first-order valence-corrected chi connectivity index (χ1v) is 7.96. The van der Waals surface area contributed by atoms with Gasteiger partial charge >= 0.3 is 7.12 Å². The van der Waals surface area contributed by atoms with Crippen molar-refractivity contribution in [3.05, 3.63) is 77.6 Å². The van der Waals surface area contributed by atoms with Gasteiger partial charge in [-0.1, -0.05) is 18.2 Å². The van der Waals surface area contributed by atoms with Crippen LogP contribution in [-0.4, -0.2) is 29.6 Å². The molecule has 0 saturated carbocycles. The molecule has 1 aromatic heterocycles. The van der Waals surface area contributed by atoms with E-state index in [2.05, 4.69) is 0 Å². The number of rotatable bonds is 4. The summed E-state index contributed by atoms with van der Waals surface area (Å²) >= 11 is 0. The second kappa shape index (κ2) is 6.24. The van der Waals surface area contributed by atoms with E-state index in [-0.39, 0.29) is 5.78 Å². The predicted molar refractivity (Wildman–Crippen MR) is 94.6 cm³/mol. The zero-order chi connectivity index (χ0) is 17.4. The van der Waals surface area contributed by atoms with E-state index in [0.29, 0.717) is 23.5 Å². The van der Waals surface area contributed by atoms with E-state index in [1.165, 1.54) is 0 Å². The predicted octanol–water partition coefficient (Wildman–Crippen LogP) is 1.93. The number of nitrogens with zero attached hydrogens (tertiary/aromatic N) is 1. The number of para-hydroxylation sites is 1. The van der Waals surface area contributed by atoms with Crippen LogP contribution in [0.5, 0.6) is 5.75 Å². The van der Waals surface area contributed by atoms with Gasteiger partial charge in [-0.25, -0.2) is 0 Å². The molecule has 0 atom stereocenters. The smallest absolute Gasteiger partial charge is 0.491 e. The Hall–Kier alpha value is -2.83. The molecule has 0 saturated heterocycles. The molecule has 0 bridgehead atoms. The fraction of sp³-hybridized carbons (Fsp3) is 0.105. The third-order valence-electron chi connectivity index (χ3n) is 4.40. The molecule has 6 heteroatoms. The van der Waals surface area contributed by atoms with E-state index < -0.39 is 7.12 Å². The summed E-state index contributed by atoms with van der Waals surface area (Å²) < 4.78 is 12.3. The van der Waals surface area contributed by atoms with E-state index in [4.69, 9.17) is 9.39 Å². The molecule has 0 spiro atoms. The summed E-state index contributed by atoms with van der Waals surface area (Å²) in [7, 11) is 0.662. The highest BCUT2D eigenvalue weighted by Crippen LogP contribution is 2.22. The average Bonchev–Trinajstić information content (AvgIpc) is 3.28. The number of ether oxygens (including phenoxy) is 1. The van der Waals surface area contributed by atoms with Crippen LogP contribution in [0.4, 0.5) is 0 Å². The molecule has 2 aromatic carbocycles. The second-order valence-corrected chi connectivity index (χ2v) is 5.88. The fourth-order valence-corrected chi connectivity index (χ4v) is 3.04. The van der Waals surface area contributed by atoms with Crippen LogP contribution in [0, 0.1) is 0 Å². The standard InChI is InChI=1S/C19H16BNO4/c1-24-18-5-3-2-4-16(18)19(22)13-8-9-21(11-13)15-7-6-14-12-25-20(23)17(14)10-15/h2-11,23H,12H2,1H3. The first-order chi connectivity index (χ1) is 12.2. The van der Waals surface area contributed by atoms with Gasteiger partial charge in [-0.05, 0) is 41.4 Å². The molecule has 0 amide bonds. The molecule has 4 rings (SSSR count). The number of benzene rings is 2. The Morgan fingerprint density at radius 3 is 2.92 bits per heavy atom. The van der Waals surface area contributed by atoms with Crippen molar-refractivity contribution in [1.29, 1.82) is 0 Å². The monoisotopic (exact) mass is 333 g/mol. The minimum atomic E-state index is -0.889. The maximum atomic E-state index is 12.8. The Morgan fingerprint density at radius 2 is 2.08 bits per heavy atom. The number of methoxy groups -OCH3 is 1. The first kappa shape index (κ1) is 15.7. The van der Waals surface area contributed by atoms with Crippen LogP contribution >= 0.6 is 0 Å². The fourth-order valence-electron chi connectivity index (χ4n) is 3.04. The molecule has 5 nitrogen and oxygen atoms in total. The summed E-state index contributed by atoms with van der Waals surface area (Å²) in [6.07, 6.45) is 3.60. The Balaban J connectivity index is 1.67. The van der Waals surface area contributed by atoms with Crippen LogP contribution in [0.2, 0.25) is 0 Å². The number of aromatic nitrogens is 1. The summed E-state index contributed by atoms with van der Waals surface area (Å²) in [6.45, 7) is 0.417. The molecule has 0 radical (unpaired) electrons. The minimum Gasteiger partial charge on any atom is -0.496 e. The van der Waals surface area contributed by atoms with Crippen LogP contribution in [0.15, 0.2) is 60.9 Å². The minimum absolute atomic E-state index is 0.0965. The number of carbonyl (C=O) groups excluding carboxylic acids is 1. The molecule has 3 aromatic rings. The van der Waals surface area contributed by atoms with Crippen molar-refractivity contribution in [1.82, 2.24) is 4.57 Å². The van der Waals surface area contributed by atoms with Crippen molar-refractivity contribution in [3.63, 3.8) is 0 Å². The number of fused-ring (bicyclic) bond motifs is 1. The van der Waals surface area contributed by atoms with E-state index in [0.717, 1.165) is 16.7 Å². The van der Waals surface area contributed by atoms with Gasteiger partial charge in [0.05, 0.1) is 19.3 Å². The number of ketones is 1. The van der Waals surface area contributed by atoms with Gasteiger partial charge in [-0.3, -0.25) is 4.79 Å². The average molecular weight is 333 g/mol. The van der Waals surface area contributed by atoms with Gasteiger partial charge in [0.15, 0.2) is 5.78 Å². The normalized spacial score (nSPS) is 13.0. The van der Waals surface area contributed by atoms with Crippen LogP contribution < -0.4 is 10.2 Å². The Labute approximate surface area is 145 Å². The third kappa shape index (κ3) is 2.75. The highest BCUT2D eigenvalue weighted by molar-refractivity contribution is 6.61. The molecular formula is C19H16BNO4. The van der Waals surface area contributed by atoms with Crippen LogP contribution in [0.3, 0.4) is 0 Å². The number of carbonyl (C=O) groups is 1. The SMILES string of the molecule is COc1ccccc1C(=O)c1ccn(-c2ccc3c(c2)B(O)OC3)c1. The van der Waals surface area contributed by atoms with Crippen molar-refractivity contribution >= 4 is 18.4 Å². The second-order valence-electron chi connectivity index (χ2n) is 5.88. The summed E-state index contributed by atoms with van der Waals surface area (Å²) in [5, 5.41) is 9.85. The molecular weight excluding hydrogens is 317 g/mol. The van der Waals surface area contributed by atoms with Crippen molar-refractivity contribution in [2.75, 3.05) is 7.11 Å². The highest BCUT2D eigenvalue weighted by atomic mass is 16.5. The quantitative estimate of drug-likeness (QED) is 0.586. The number of hydrogen-bond donors (Lipinski definition) is 1. The van der Waals surface area contributed by atoms with Gasteiger partial charge in [0.2, 0.25) is 0 Å². The van der Waals surface area contributed by atoms with E-state index in [9.17, 15) is 9.82 Å². The Kier molecular flexibility index (Phi) is 3.91. The maximum absolute atomic E-state index is 12.8. The topological polar surface area (TPSA) is 60.7 Å². The van der Waals surface area contributed by atoms with E-state index >= 15 is 0 Å². The van der Waals surface area contributed by atoms with Crippen LogP contribution in [-0.2, 0) is 11.3 Å². The molecule has 0 unspecified atom stereocenters. The zero-order valence-corrected chi connectivity index (χ0v) is 13.7. The summed E-state index contributed by atoms with van der Waals surface area (Å²) in [4.78, 5) is 12.8. The van der Waals surface area contributed by atoms with Gasteiger partial charge in [-0.15, -0.1) is 0 Å². The number of hydrogen-bond acceptors (Lipinski definition) is 4. The van der Waals surface area contributed by atoms with Gasteiger partial charge in [0.25, 0.3) is 0 Å². The maximum Gasteiger partial charge on any atom is 0.491 e. The lowest BCUT2D eigenvalue weighted by Crippen LogP contribution is -2.28. The summed E-state index contributed by atoms with van der Waals surface area (Å²) in [5.74, 6) is 0.457. The van der Waals surface area contributed by atoms with Crippen molar-refractivity contribution in [3.8, 4) is 11.4 Å². The van der Waals surface area contributed by atoms with Gasteiger partial charge < -0.3 is 19.0 Å². The van der Waals surface area contributed by atoms with E-state index in [1.807, 2.05) is 41.1 Å². The largest absolute Gasteiger partial charge is 0.496 e. The molecule has 2 heterocycles. The Bertz CT molecular complexity index is 950. The van der Waals surface area contributed by atoms with Crippen LogP contribution in [0.1, 0.15) is 21.5 Å². The highest BCUT2D eigenvalue weighted by Gasteiger charge is 2.27. The third-order valence-corrected chi connectivity index (χ3v) is 4.40. The molecule has 1 N–H and O–H groups in total. The Morgan fingerprint density at radius 1 is 1.24 bits per heavy atom. The van der Waals surface area contributed by atoms with Gasteiger partial charge in [0, 0.05) is 23.6 Å². The summed E-state index contributed by atoms with van der Waals surface area (Å²) in [6, 6.07) is 14.7. The summed E-state index contributed by atoms with van der Waals surface area (Å²) in [5.41, 5.74) is 3.71. The molecule has 0 aliphatic carbocycles. The van der Waals surface area contributed by atoms with Crippen molar-refractivity contribution in [2.24, 2.45) is 0 Å². The lowest BCUT2D eigenvalue weighted by Gasteiger charge is -2.07. The molecule has 1 aliphatic rings. The van der Waals surface area contributed by atoms with E-state index in [1.54, 1.807) is 31.5 Å². The molecule has 0 fully saturated rings. The molecule has 25 heavy (non-hydrogen) atoms. The van der Waals surface area contributed by atoms with Gasteiger partial charge in [-0.2, -0.15) is 0 Å². The van der Waals surface area contributed by atoms with Crippen LogP contribution in [0.25, 0.3) is 5.69 Å². The van der Waals surface area contributed by atoms with Gasteiger partial charge in [0.1, 0.15) is 5.75 Å². The molecule has 1 aliphatic heterocycles.